The van der Waals surface area contributed by atoms with Gasteiger partial charge in [0.15, 0.2) is 6.10 Å². The second-order valence-corrected chi connectivity index (χ2v) is 6.32. The van der Waals surface area contributed by atoms with E-state index in [9.17, 15) is 14.4 Å². The summed E-state index contributed by atoms with van der Waals surface area (Å²) in [5.41, 5.74) is 1.88. The number of ether oxygens (including phenoxy) is 1. The number of carbonyl (C=O) groups is 3. The van der Waals surface area contributed by atoms with Crippen LogP contribution in [0.15, 0.2) is 48.5 Å². The molecule has 0 saturated heterocycles. The van der Waals surface area contributed by atoms with Crippen LogP contribution in [-0.4, -0.2) is 49.4 Å². The quantitative estimate of drug-likeness (QED) is 0.837. The van der Waals surface area contributed by atoms with E-state index in [1.54, 1.807) is 31.3 Å². The molecule has 0 unspecified atom stereocenters. The molecular weight excluding hydrogens is 346 g/mol. The van der Waals surface area contributed by atoms with E-state index in [-0.39, 0.29) is 24.3 Å². The zero-order chi connectivity index (χ0) is 19.4. The molecule has 2 aromatic rings. The molecule has 3 rings (SSSR count). The molecule has 27 heavy (non-hydrogen) atoms. The largest absolute Gasteiger partial charge is 0.480 e. The average Bonchev–Trinajstić information content (AvgIpc) is 3.12. The topological polar surface area (TPSA) is 87.7 Å². The van der Waals surface area contributed by atoms with E-state index in [0.717, 1.165) is 11.3 Å². The van der Waals surface area contributed by atoms with Crippen LogP contribution in [-0.2, 0) is 16.0 Å². The fourth-order valence-electron chi connectivity index (χ4n) is 2.87. The van der Waals surface area contributed by atoms with Gasteiger partial charge in [0.25, 0.3) is 11.8 Å². The summed E-state index contributed by atoms with van der Waals surface area (Å²) < 4.78 is 5.68. The Balaban J connectivity index is 1.65. The Morgan fingerprint density at radius 3 is 2.67 bits per heavy atom. The Kier molecular flexibility index (Phi) is 5.40. The summed E-state index contributed by atoms with van der Waals surface area (Å²) in [7, 11) is 3.06. The molecule has 7 nitrogen and oxygen atoms in total. The molecule has 3 amide bonds. The minimum absolute atomic E-state index is 0.0416. The number of rotatable bonds is 5. The van der Waals surface area contributed by atoms with Crippen molar-refractivity contribution in [1.29, 1.82) is 0 Å². The van der Waals surface area contributed by atoms with Gasteiger partial charge in [0.05, 0.1) is 6.54 Å². The predicted octanol–water partition coefficient (Wildman–Crippen LogP) is 1.45. The van der Waals surface area contributed by atoms with E-state index < -0.39 is 6.10 Å². The molecule has 2 N–H and O–H groups in total. The number of nitrogens with one attached hydrogen (secondary N) is 2. The number of hydrogen-bond donors (Lipinski definition) is 2. The van der Waals surface area contributed by atoms with E-state index in [1.807, 2.05) is 24.3 Å². The minimum Gasteiger partial charge on any atom is -0.480 e. The Hall–Kier alpha value is -3.35. The highest BCUT2D eigenvalue weighted by molar-refractivity contribution is 5.99. The van der Waals surface area contributed by atoms with Gasteiger partial charge in [-0.15, -0.1) is 0 Å². The fourth-order valence-corrected chi connectivity index (χ4v) is 2.87. The third kappa shape index (κ3) is 4.25. The Labute approximate surface area is 157 Å². The SMILES string of the molecule is CNC(=O)CN(C)C(=O)c1cccc(NC(=O)[C@H]2Cc3ccccc3O2)c1. The van der Waals surface area contributed by atoms with Crippen LogP contribution in [0.3, 0.4) is 0 Å². The number of para-hydroxylation sites is 1. The van der Waals surface area contributed by atoms with Crippen LogP contribution in [0.2, 0.25) is 0 Å². The molecule has 1 aliphatic rings. The molecule has 7 heteroatoms. The summed E-state index contributed by atoms with van der Waals surface area (Å²) in [6, 6.07) is 14.2. The predicted molar refractivity (Wildman–Crippen MR) is 101 cm³/mol. The van der Waals surface area contributed by atoms with Gasteiger partial charge >= 0.3 is 0 Å². The maximum Gasteiger partial charge on any atom is 0.265 e. The van der Waals surface area contributed by atoms with E-state index >= 15 is 0 Å². The maximum absolute atomic E-state index is 12.5. The number of carbonyl (C=O) groups excluding carboxylic acids is 3. The molecule has 140 valence electrons. The molecule has 0 aliphatic carbocycles. The number of fused-ring (bicyclic) bond motifs is 1. The van der Waals surface area contributed by atoms with Crippen LogP contribution in [0.1, 0.15) is 15.9 Å². The Morgan fingerprint density at radius 2 is 1.93 bits per heavy atom. The lowest BCUT2D eigenvalue weighted by molar-refractivity contribution is -0.122. The summed E-state index contributed by atoms with van der Waals surface area (Å²) >= 11 is 0. The van der Waals surface area contributed by atoms with Gasteiger partial charge in [-0.05, 0) is 29.8 Å². The number of hydrogen-bond acceptors (Lipinski definition) is 4. The second-order valence-electron chi connectivity index (χ2n) is 6.32. The maximum atomic E-state index is 12.5. The number of anilines is 1. The van der Waals surface area contributed by atoms with Crippen molar-refractivity contribution < 1.29 is 19.1 Å². The van der Waals surface area contributed by atoms with E-state index in [4.69, 9.17) is 4.74 Å². The molecule has 0 fully saturated rings. The van der Waals surface area contributed by atoms with Gasteiger partial charge in [0, 0.05) is 31.8 Å². The van der Waals surface area contributed by atoms with Crippen molar-refractivity contribution in [2.75, 3.05) is 26.0 Å². The lowest BCUT2D eigenvalue weighted by Crippen LogP contribution is -2.37. The Morgan fingerprint density at radius 1 is 1.15 bits per heavy atom. The second kappa shape index (κ2) is 7.90. The molecule has 0 aromatic heterocycles. The summed E-state index contributed by atoms with van der Waals surface area (Å²) in [5, 5.41) is 5.27. The lowest BCUT2D eigenvalue weighted by Gasteiger charge is -2.17. The first-order valence-corrected chi connectivity index (χ1v) is 8.59. The standard InChI is InChI=1S/C20H21N3O4/c1-21-18(24)12-23(2)20(26)14-7-5-8-15(10-14)22-19(25)17-11-13-6-3-4-9-16(13)27-17/h3-10,17H,11-12H2,1-2H3,(H,21,24)(H,22,25)/t17-/m1/s1. The van der Waals surface area contributed by atoms with Gasteiger partial charge in [0.1, 0.15) is 5.75 Å². The van der Waals surface area contributed by atoms with Crippen molar-refractivity contribution in [3.8, 4) is 5.75 Å². The first-order chi connectivity index (χ1) is 13.0. The van der Waals surface area contributed by atoms with Crippen molar-refractivity contribution in [2.45, 2.75) is 12.5 Å². The highest BCUT2D eigenvalue weighted by Gasteiger charge is 2.28. The number of likely N-dealkylation sites (N-methyl/N-ethyl adjacent to an activating group) is 2. The van der Waals surface area contributed by atoms with Gasteiger partial charge in [-0.2, -0.15) is 0 Å². The highest BCUT2D eigenvalue weighted by Crippen LogP contribution is 2.28. The minimum atomic E-state index is -0.599. The smallest absolute Gasteiger partial charge is 0.265 e. The summed E-state index contributed by atoms with van der Waals surface area (Å²) in [6.45, 7) is -0.0416. The molecule has 2 aromatic carbocycles. The monoisotopic (exact) mass is 367 g/mol. The van der Waals surface area contributed by atoms with Crippen LogP contribution >= 0.6 is 0 Å². The fraction of sp³-hybridized carbons (Fsp3) is 0.250. The number of amides is 3. The molecule has 1 heterocycles. The van der Waals surface area contributed by atoms with Gasteiger partial charge in [-0.25, -0.2) is 0 Å². The molecule has 1 aliphatic heterocycles. The summed E-state index contributed by atoms with van der Waals surface area (Å²) in [4.78, 5) is 37.7. The van der Waals surface area contributed by atoms with Crippen LogP contribution in [0, 0.1) is 0 Å². The molecular formula is C20H21N3O4. The normalized spacial score (nSPS) is 14.7. The van der Waals surface area contributed by atoms with E-state index in [0.29, 0.717) is 17.7 Å². The number of benzene rings is 2. The molecule has 0 bridgehead atoms. The van der Waals surface area contributed by atoms with Crippen LogP contribution in [0.25, 0.3) is 0 Å². The first kappa shape index (κ1) is 18.4. The van der Waals surface area contributed by atoms with Crippen molar-refractivity contribution in [2.24, 2.45) is 0 Å². The zero-order valence-electron chi connectivity index (χ0n) is 15.2. The van der Waals surface area contributed by atoms with Gasteiger partial charge < -0.3 is 20.3 Å². The third-order valence-electron chi connectivity index (χ3n) is 4.32. The summed E-state index contributed by atoms with van der Waals surface area (Å²) in [5.74, 6) is -0.112. The first-order valence-electron chi connectivity index (χ1n) is 8.59. The number of nitrogens with zero attached hydrogens (tertiary/aromatic N) is 1. The van der Waals surface area contributed by atoms with Gasteiger partial charge in [-0.3, -0.25) is 14.4 Å². The molecule has 0 radical (unpaired) electrons. The van der Waals surface area contributed by atoms with Crippen molar-refractivity contribution >= 4 is 23.4 Å². The average molecular weight is 367 g/mol. The van der Waals surface area contributed by atoms with Crippen molar-refractivity contribution in [1.82, 2.24) is 10.2 Å². The van der Waals surface area contributed by atoms with Crippen molar-refractivity contribution in [3.63, 3.8) is 0 Å². The molecule has 0 spiro atoms. The van der Waals surface area contributed by atoms with Crippen LogP contribution < -0.4 is 15.4 Å². The molecule has 1 atom stereocenters. The van der Waals surface area contributed by atoms with Crippen LogP contribution in [0.4, 0.5) is 5.69 Å². The van der Waals surface area contributed by atoms with Gasteiger partial charge in [0.2, 0.25) is 5.91 Å². The van der Waals surface area contributed by atoms with E-state index in [2.05, 4.69) is 10.6 Å². The lowest BCUT2D eigenvalue weighted by atomic mass is 10.1. The van der Waals surface area contributed by atoms with Crippen molar-refractivity contribution in [3.05, 3.63) is 59.7 Å². The molecule has 0 saturated carbocycles. The van der Waals surface area contributed by atoms with Crippen LogP contribution in [0.5, 0.6) is 5.75 Å². The zero-order valence-corrected chi connectivity index (χ0v) is 15.2. The highest BCUT2D eigenvalue weighted by atomic mass is 16.5. The van der Waals surface area contributed by atoms with Gasteiger partial charge in [-0.1, -0.05) is 24.3 Å². The third-order valence-corrected chi connectivity index (χ3v) is 4.32. The summed E-state index contributed by atoms with van der Waals surface area (Å²) in [6.07, 6.45) is -0.0899. The Bertz CT molecular complexity index is 856. The van der Waals surface area contributed by atoms with E-state index in [1.165, 1.54) is 11.9 Å².